The lowest BCUT2D eigenvalue weighted by molar-refractivity contribution is 0.0210. The molecule has 0 atom stereocenters. The molecule has 10 nitrogen and oxygen atoms in total. The Hall–Kier alpha value is -2.66. The van der Waals surface area contributed by atoms with Gasteiger partial charge in [-0.3, -0.25) is 0 Å². The highest BCUT2D eigenvalue weighted by Crippen LogP contribution is 2.22. The Morgan fingerprint density at radius 2 is 1.91 bits per heavy atom. The van der Waals surface area contributed by atoms with Crippen LogP contribution in [0.3, 0.4) is 0 Å². The van der Waals surface area contributed by atoms with Crippen LogP contribution in [-0.4, -0.2) is 76.0 Å². The number of carbonyl (C=O) groups excluding carboxylic acids is 1. The monoisotopic (exact) mass is 491 g/mol. The van der Waals surface area contributed by atoms with Crippen molar-refractivity contribution in [2.45, 2.75) is 77.7 Å². The van der Waals surface area contributed by atoms with Gasteiger partial charge in [0.25, 0.3) is 0 Å². The van der Waals surface area contributed by atoms with Crippen LogP contribution in [0.2, 0.25) is 25.7 Å². The number of nitrogens with zero attached hydrogens (tertiary/aromatic N) is 4. The molecule has 1 aliphatic rings. The molecule has 2 N–H and O–H groups in total. The summed E-state index contributed by atoms with van der Waals surface area (Å²) in [5.41, 5.74) is 0.391. The second-order valence-corrected chi connectivity index (χ2v) is 16.6. The molecule has 1 amide bonds. The quantitative estimate of drug-likeness (QED) is 0.415. The Balaban J connectivity index is 1.64. The van der Waals surface area contributed by atoms with Crippen LogP contribution in [0, 0.1) is 0 Å². The second-order valence-electron chi connectivity index (χ2n) is 11.0. The predicted molar refractivity (Wildman–Crippen MR) is 133 cm³/mol. The number of aromatic carboxylic acids is 1. The first kappa shape index (κ1) is 26.0. The van der Waals surface area contributed by atoms with Gasteiger partial charge < -0.3 is 29.4 Å². The average molecular weight is 492 g/mol. The van der Waals surface area contributed by atoms with Crippen LogP contribution in [0.25, 0.3) is 11.2 Å². The molecular formula is C23H37N5O5Si. The molecule has 2 aromatic rings. The van der Waals surface area contributed by atoms with Crippen molar-refractivity contribution >= 4 is 37.1 Å². The number of carbonyl (C=O) groups is 2. The molecule has 1 fully saturated rings. The van der Waals surface area contributed by atoms with E-state index in [-0.39, 0.29) is 24.4 Å². The lowest BCUT2D eigenvalue weighted by atomic mass is 10.1. The van der Waals surface area contributed by atoms with Crippen molar-refractivity contribution in [2.24, 2.45) is 0 Å². The first-order valence-electron chi connectivity index (χ1n) is 11.7. The highest BCUT2D eigenvalue weighted by atomic mass is 28.3. The van der Waals surface area contributed by atoms with E-state index in [1.54, 1.807) is 15.7 Å². The Kier molecular flexibility index (Phi) is 7.86. The van der Waals surface area contributed by atoms with Crippen molar-refractivity contribution in [1.29, 1.82) is 0 Å². The summed E-state index contributed by atoms with van der Waals surface area (Å²) in [6, 6.07) is 1.13. The zero-order valence-electron chi connectivity index (χ0n) is 21.1. The van der Waals surface area contributed by atoms with Crippen molar-refractivity contribution in [2.75, 3.05) is 25.0 Å². The molecule has 0 aromatic carbocycles. The summed E-state index contributed by atoms with van der Waals surface area (Å²) in [6.45, 7) is 14.4. The highest BCUT2D eigenvalue weighted by molar-refractivity contribution is 6.76. The topological polar surface area (TPSA) is 119 Å². The van der Waals surface area contributed by atoms with Crippen LogP contribution in [0.1, 0.15) is 44.0 Å². The number of carboxylic acid groups (broad SMARTS) is 1. The summed E-state index contributed by atoms with van der Waals surface area (Å²) in [5, 5.41) is 13.0. The smallest absolute Gasteiger partial charge is 0.410 e. The van der Waals surface area contributed by atoms with Crippen molar-refractivity contribution in [3.8, 4) is 0 Å². The largest absolute Gasteiger partial charge is 0.478 e. The summed E-state index contributed by atoms with van der Waals surface area (Å²) in [5.74, 6) is -0.536. The van der Waals surface area contributed by atoms with E-state index < -0.39 is 19.6 Å². The zero-order chi connectivity index (χ0) is 25.1. The fourth-order valence-electron chi connectivity index (χ4n) is 3.66. The van der Waals surface area contributed by atoms with Gasteiger partial charge in [0.05, 0.1) is 6.20 Å². The van der Waals surface area contributed by atoms with Crippen LogP contribution in [0.15, 0.2) is 12.4 Å². The molecule has 2 aromatic heterocycles. The van der Waals surface area contributed by atoms with Gasteiger partial charge in [-0.1, -0.05) is 19.6 Å². The van der Waals surface area contributed by atoms with E-state index in [1.165, 1.54) is 6.20 Å². The van der Waals surface area contributed by atoms with E-state index in [0.717, 1.165) is 18.9 Å². The van der Waals surface area contributed by atoms with Crippen LogP contribution >= 0.6 is 0 Å². The number of aromatic nitrogens is 3. The molecule has 3 heterocycles. The molecule has 0 saturated carbocycles. The van der Waals surface area contributed by atoms with E-state index in [1.807, 2.05) is 20.8 Å². The minimum Gasteiger partial charge on any atom is -0.478 e. The Morgan fingerprint density at radius 1 is 1.24 bits per heavy atom. The van der Waals surface area contributed by atoms with Crippen molar-refractivity contribution < 1.29 is 24.2 Å². The molecule has 188 valence electrons. The number of amides is 1. The zero-order valence-corrected chi connectivity index (χ0v) is 22.1. The molecule has 1 aliphatic heterocycles. The minimum atomic E-state index is -1.21. The van der Waals surface area contributed by atoms with E-state index in [9.17, 15) is 14.7 Å². The standard InChI is InChI=1S/C23H37N5O5Si/c1-23(2,3)33-22(31)27-9-7-16(8-10-27)25-18-13-24-20-19(26-18)17(21(29)30)14-28(20)15-32-11-12-34(4,5)6/h13-14,16H,7-12,15H2,1-6H3,(H,25,26)(H,29,30). The number of nitrogens with one attached hydrogen (secondary N) is 1. The average Bonchev–Trinajstić information content (AvgIpc) is 3.08. The molecule has 34 heavy (non-hydrogen) atoms. The molecule has 0 spiro atoms. The van der Waals surface area contributed by atoms with Gasteiger partial charge in [-0.05, 0) is 39.7 Å². The van der Waals surface area contributed by atoms with E-state index in [2.05, 4.69) is 34.9 Å². The minimum absolute atomic E-state index is 0.0969. The van der Waals surface area contributed by atoms with Crippen LogP contribution < -0.4 is 5.32 Å². The van der Waals surface area contributed by atoms with Gasteiger partial charge >= 0.3 is 12.1 Å². The number of carboxylic acids is 1. The summed E-state index contributed by atoms with van der Waals surface area (Å²) in [7, 11) is -1.21. The van der Waals surface area contributed by atoms with Gasteiger partial charge in [0.1, 0.15) is 29.2 Å². The Bertz CT molecular complexity index is 1020. The summed E-state index contributed by atoms with van der Waals surface area (Å²) >= 11 is 0. The fourth-order valence-corrected chi connectivity index (χ4v) is 4.42. The maximum absolute atomic E-state index is 12.3. The number of fused-ring (bicyclic) bond motifs is 1. The van der Waals surface area contributed by atoms with Crippen LogP contribution in [0.4, 0.5) is 10.6 Å². The molecule has 0 radical (unpaired) electrons. The van der Waals surface area contributed by atoms with Gasteiger partial charge in [0, 0.05) is 40.0 Å². The first-order valence-corrected chi connectivity index (χ1v) is 15.4. The number of ether oxygens (including phenoxy) is 2. The first-order chi connectivity index (χ1) is 15.8. The molecule has 0 bridgehead atoms. The Morgan fingerprint density at radius 3 is 2.50 bits per heavy atom. The molecule has 0 aliphatic carbocycles. The predicted octanol–water partition coefficient (Wildman–Crippen LogP) is 4.25. The Labute approximate surface area is 201 Å². The third-order valence-electron chi connectivity index (χ3n) is 5.52. The maximum Gasteiger partial charge on any atom is 0.410 e. The second kappa shape index (κ2) is 10.3. The van der Waals surface area contributed by atoms with E-state index in [0.29, 0.717) is 36.7 Å². The number of hydrogen-bond donors (Lipinski definition) is 2. The van der Waals surface area contributed by atoms with Crippen molar-refractivity contribution in [1.82, 2.24) is 19.4 Å². The third kappa shape index (κ3) is 7.17. The van der Waals surface area contributed by atoms with Crippen molar-refractivity contribution in [3.63, 3.8) is 0 Å². The molecular weight excluding hydrogens is 454 g/mol. The van der Waals surface area contributed by atoms with Gasteiger partial charge in [-0.15, -0.1) is 0 Å². The third-order valence-corrected chi connectivity index (χ3v) is 7.23. The number of hydrogen-bond acceptors (Lipinski definition) is 7. The normalized spacial score (nSPS) is 15.5. The highest BCUT2D eigenvalue weighted by Gasteiger charge is 2.27. The van der Waals surface area contributed by atoms with Crippen molar-refractivity contribution in [3.05, 3.63) is 18.0 Å². The van der Waals surface area contributed by atoms with Crippen LogP contribution in [-0.2, 0) is 16.2 Å². The lowest BCUT2D eigenvalue weighted by Crippen LogP contribution is -2.44. The van der Waals surface area contributed by atoms with Gasteiger partial charge in [-0.2, -0.15) is 0 Å². The van der Waals surface area contributed by atoms with Crippen LogP contribution in [0.5, 0.6) is 0 Å². The maximum atomic E-state index is 12.3. The number of piperidine rings is 1. The van der Waals surface area contributed by atoms with Gasteiger partial charge in [-0.25, -0.2) is 19.6 Å². The van der Waals surface area contributed by atoms with E-state index >= 15 is 0 Å². The summed E-state index contributed by atoms with van der Waals surface area (Å²) in [6.07, 6.45) is 4.32. The number of rotatable bonds is 8. The molecule has 11 heteroatoms. The summed E-state index contributed by atoms with van der Waals surface area (Å²) in [4.78, 5) is 34.8. The molecule has 3 rings (SSSR count). The fraction of sp³-hybridized carbons (Fsp3) is 0.652. The number of likely N-dealkylation sites (tertiary alicyclic amines) is 1. The molecule has 1 saturated heterocycles. The SMILES string of the molecule is CC(C)(C)OC(=O)N1CCC(Nc2cnc3c(n2)c(C(=O)O)cn3COCC[Si](C)(C)C)CC1. The van der Waals surface area contributed by atoms with Gasteiger partial charge in [0.15, 0.2) is 5.65 Å². The van der Waals surface area contributed by atoms with E-state index in [4.69, 9.17) is 9.47 Å². The lowest BCUT2D eigenvalue weighted by Gasteiger charge is -2.33. The summed E-state index contributed by atoms with van der Waals surface area (Å²) < 4.78 is 12.9. The molecule has 0 unspecified atom stereocenters. The number of anilines is 1. The van der Waals surface area contributed by atoms with Gasteiger partial charge in [0.2, 0.25) is 0 Å².